The summed E-state index contributed by atoms with van der Waals surface area (Å²) >= 11 is 0. The van der Waals surface area contributed by atoms with Gasteiger partial charge in [0.2, 0.25) is 5.91 Å². The van der Waals surface area contributed by atoms with Gasteiger partial charge in [-0.2, -0.15) is 0 Å². The van der Waals surface area contributed by atoms with Gasteiger partial charge in [-0.15, -0.1) is 0 Å². The molecule has 0 bridgehead atoms. The highest BCUT2D eigenvalue weighted by atomic mass is 16.1. The van der Waals surface area contributed by atoms with Crippen LogP contribution >= 0.6 is 0 Å². The molecule has 0 aromatic heterocycles. The van der Waals surface area contributed by atoms with Crippen LogP contribution in [0.3, 0.4) is 0 Å². The van der Waals surface area contributed by atoms with E-state index in [0.29, 0.717) is 6.54 Å². The molecule has 82 valence electrons. The quantitative estimate of drug-likeness (QED) is 0.771. The second-order valence-corrected chi connectivity index (χ2v) is 3.44. The first-order chi connectivity index (χ1) is 7.15. The SMILES string of the molecule is CNC(=O)CNc1ccccc1N(C)C. The fourth-order valence-electron chi connectivity index (χ4n) is 1.28. The zero-order chi connectivity index (χ0) is 11.3. The smallest absolute Gasteiger partial charge is 0.239 e. The summed E-state index contributed by atoms with van der Waals surface area (Å²) in [5, 5.41) is 5.66. The average molecular weight is 207 g/mol. The number of anilines is 2. The van der Waals surface area contributed by atoms with Gasteiger partial charge in [0, 0.05) is 21.1 Å². The van der Waals surface area contributed by atoms with E-state index < -0.39 is 0 Å². The molecule has 0 radical (unpaired) electrons. The number of benzene rings is 1. The van der Waals surface area contributed by atoms with Gasteiger partial charge in [0.25, 0.3) is 0 Å². The first kappa shape index (κ1) is 11.4. The first-order valence-corrected chi connectivity index (χ1v) is 4.86. The molecule has 0 heterocycles. The molecular weight excluding hydrogens is 190 g/mol. The van der Waals surface area contributed by atoms with Crippen molar-refractivity contribution in [1.29, 1.82) is 0 Å². The number of nitrogens with zero attached hydrogens (tertiary/aromatic N) is 1. The average Bonchev–Trinajstić information content (AvgIpc) is 2.26. The number of carbonyl (C=O) groups is 1. The van der Waals surface area contributed by atoms with E-state index in [2.05, 4.69) is 10.6 Å². The van der Waals surface area contributed by atoms with Gasteiger partial charge in [0.1, 0.15) is 0 Å². The summed E-state index contributed by atoms with van der Waals surface area (Å²) in [5.74, 6) is -0.0245. The maximum Gasteiger partial charge on any atom is 0.239 e. The van der Waals surface area contributed by atoms with E-state index in [9.17, 15) is 4.79 Å². The first-order valence-electron chi connectivity index (χ1n) is 4.86. The predicted octanol–water partition coefficient (Wildman–Crippen LogP) is 0.910. The Morgan fingerprint density at radius 3 is 2.60 bits per heavy atom. The summed E-state index contributed by atoms with van der Waals surface area (Å²) in [6.07, 6.45) is 0. The fraction of sp³-hybridized carbons (Fsp3) is 0.364. The largest absolute Gasteiger partial charge is 0.376 e. The van der Waals surface area contributed by atoms with Gasteiger partial charge >= 0.3 is 0 Å². The Hall–Kier alpha value is -1.71. The molecule has 15 heavy (non-hydrogen) atoms. The molecule has 0 spiro atoms. The number of hydrogen-bond donors (Lipinski definition) is 2. The standard InChI is InChI=1S/C11H17N3O/c1-12-11(15)8-13-9-6-4-5-7-10(9)14(2)3/h4-7,13H,8H2,1-3H3,(H,12,15). The van der Waals surface area contributed by atoms with Crippen molar-refractivity contribution in [2.75, 3.05) is 37.9 Å². The molecule has 1 aromatic rings. The van der Waals surface area contributed by atoms with Crippen LogP contribution in [0.1, 0.15) is 0 Å². The van der Waals surface area contributed by atoms with E-state index in [4.69, 9.17) is 0 Å². The summed E-state index contributed by atoms with van der Waals surface area (Å²) in [7, 11) is 5.57. The van der Waals surface area contributed by atoms with Crippen molar-refractivity contribution in [1.82, 2.24) is 5.32 Å². The third kappa shape index (κ3) is 3.16. The second-order valence-electron chi connectivity index (χ2n) is 3.44. The second kappa shape index (κ2) is 5.24. The Morgan fingerprint density at radius 2 is 2.00 bits per heavy atom. The van der Waals surface area contributed by atoms with Gasteiger partial charge in [-0.3, -0.25) is 4.79 Å². The summed E-state index contributed by atoms with van der Waals surface area (Å²) < 4.78 is 0. The predicted molar refractivity (Wildman–Crippen MR) is 63.3 cm³/mol. The van der Waals surface area contributed by atoms with Crippen LogP contribution in [-0.4, -0.2) is 33.6 Å². The Labute approximate surface area is 90.3 Å². The lowest BCUT2D eigenvalue weighted by Gasteiger charge is -2.17. The van der Waals surface area contributed by atoms with E-state index in [-0.39, 0.29) is 5.91 Å². The normalized spacial score (nSPS) is 9.53. The number of nitrogens with one attached hydrogen (secondary N) is 2. The van der Waals surface area contributed by atoms with Crippen molar-refractivity contribution in [3.05, 3.63) is 24.3 Å². The third-order valence-corrected chi connectivity index (χ3v) is 2.10. The summed E-state index contributed by atoms with van der Waals surface area (Å²) in [5.41, 5.74) is 2.03. The fourth-order valence-corrected chi connectivity index (χ4v) is 1.28. The molecule has 0 aliphatic carbocycles. The van der Waals surface area contributed by atoms with Gasteiger partial charge < -0.3 is 15.5 Å². The number of likely N-dealkylation sites (N-methyl/N-ethyl adjacent to an activating group) is 1. The highest BCUT2D eigenvalue weighted by Gasteiger charge is 2.04. The molecule has 1 rings (SSSR count). The minimum Gasteiger partial charge on any atom is -0.376 e. The van der Waals surface area contributed by atoms with Gasteiger partial charge in [-0.1, -0.05) is 12.1 Å². The molecule has 4 nitrogen and oxygen atoms in total. The lowest BCUT2D eigenvalue weighted by Crippen LogP contribution is -2.26. The maximum atomic E-state index is 11.1. The monoisotopic (exact) mass is 207 g/mol. The van der Waals surface area contributed by atoms with Crippen LogP contribution in [0.5, 0.6) is 0 Å². The number of hydrogen-bond acceptors (Lipinski definition) is 3. The lowest BCUT2D eigenvalue weighted by atomic mass is 10.2. The van der Waals surface area contributed by atoms with Crippen molar-refractivity contribution < 1.29 is 4.79 Å². The minimum atomic E-state index is -0.0245. The van der Waals surface area contributed by atoms with E-state index in [1.807, 2.05) is 43.3 Å². The molecule has 0 aliphatic heterocycles. The molecule has 0 fully saturated rings. The van der Waals surface area contributed by atoms with Gasteiger partial charge in [-0.05, 0) is 12.1 Å². The Kier molecular flexibility index (Phi) is 3.97. The van der Waals surface area contributed by atoms with Crippen LogP contribution in [0.2, 0.25) is 0 Å². The molecule has 0 saturated heterocycles. The topological polar surface area (TPSA) is 44.4 Å². The number of amides is 1. The summed E-state index contributed by atoms with van der Waals surface area (Å²) in [6.45, 7) is 0.293. The highest BCUT2D eigenvalue weighted by molar-refractivity contribution is 5.82. The number of rotatable bonds is 4. The van der Waals surface area contributed by atoms with Crippen molar-refractivity contribution in [3.63, 3.8) is 0 Å². The van der Waals surface area contributed by atoms with Gasteiger partial charge in [0.05, 0.1) is 17.9 Å². The minimum absolute atomic E-state index is 0.0245. The van der Waals surface area contributed by atoms with Crippen LogP contribution < -0.4 is 15.5 Å². The molecule has 4 heteroatoms. The summed E-state index contributed by atoms with van der Waals surface area (Å²) in [4.78, 5) is 13.1. The Morgan fingerprint density at radius 1 is 1.33 bits per heavy atom. The summed E-state index contributed by atoms with van der Waals surface area (Å²) in [6, 6.07) is 7.88. The van der Waals surface area contributed by atoms with E-state index >= 15 is 0 Å². The molecule has 1 aromatic carbocycles. The lowest BCUT2D eigenvalue weighted by molar-refractivity contribution is -0.118. The van der Waals surface area contributed by atoms with Crippen LogP contribution in [0.4, 0.5) is 11.4 Å². The molecular formula is C11H17N3O. The van der Waals surface area contributed by atoms with Crippen LogP contribution in [0.15, 0.2) is 24.3 Å². The van der Waals surface area contributed by atoms with Crippen molar-refractivity contribution in [3.8, 4) is 0 Å². The highest BCUT2D eigenvalue weighted by Crippen LogP contribution is 2.22. The Balaban J connectivity index is 2.71. The Bertz CT molecular complexity index is 336. The molecule has 0 unspecified atom stereocenters. The van der Waals surface area contributed by atoms with Crippen LogP contribution in [0, 0.1) is 0 Å². The zero-order valence-electron chi connectivity index (χ0n) is 9.37. The van der Waals surface area contributed by atoms with E-state index in [1.165, 1.54) is 0 Å². The molecule has 0 aliphatic rings. The molecule has 1 amide bonds. The van der Waals surface area contributed by atoms with E-state index in [1.54, 1.807) is 7.05 Å². The molecule has 2 N–H and O–H groups in total. The third-order valence-electron chi connectivity index (χ3n) is 2.10. The molecule has 0 atom stereocenters. The van der Waals surface area contributed by atoms with Crippen molar-refractivity contribution in [2.24, 2.45) is 0 Å². The van der Waals surface area contributed by atoms with E-state index in [0.717, 1.165) is 11.4 Å². The zero-order valence-corrected chi connectivity index (χ0v) is 9.37. The van der Waals surface area contributed by atoms with Crippen molar-refractivity contribution >= 4 is 17.3 Å². The number of carbonyl (C=O) groups excluding carboxylic acids is 1. The van der Waals surface area contributed by atoms with Crippen LogP contribution in [0.25, 0.3) is 0 Å². The number of para-hydroxylation sites is 2. The maximum absolute atomic E-state index is 11.1. The molecule has 0 saturated carbocycles. The van der Waals surface area contributed by atoms with Crippen molar-refractivity contribution in [2.45, 2.75) is 0 Å². The van der Waals surface area contributed by atoms with Gasteiger partial charge in [-0.25, -0.2) is 0 Å². The van der Waals surface area contributed by atoms with Crippen LogP contribution in [-0.2, 0) is 4.79 Å². The van der Waals surface area contributed by atoms with Gasteiger partial charge in [0.15, 0.2) is 0 Å².